The van der Waals surface area contributed by atoms with Gasteiger partial charge in [-0.25, -0.2) is 4.98 Å². The highest BCUT2D eigenvalue weighted by atomic mass is 32.1. The van der Waals surface area contributed by atoms with Crippen molar-refractivity contribution in [3.05, 3.63) is 50.3 Å². The zero-order valence-electron chi connectivity index (χ0n) is 18.2. The van der Waals surface area contributed by atoms with Crippen molar-refractivity contribution in [2.45, 2.75) is 51.4 Å². The molecule has 0 aliphatic carbocycles. The molecule has 2 fully saturated rings. The maximum atomic E-state index is 12.8. The molecule has 1 N–H and O–H groups in total. The van der Waals surface area contributed by atoms with Crippen molar-refractivity contribution < 1.29 is 9.59 Å². The fourth-order valence-corrected chi connectivity index (χ4v) is 5.29. The highest BCUT2D eigenvalue weighted by Crippen LogP contribution is 2.30. The van der Waals surface area contributed by atoms with E-state index in [4.69, 9.17) is 4.98 Å². The normalized spacial score (nSPS) is 20.3. The van der Waals surface area contributed by atoms with Gasteiger partial charge in [-0.15, -0.1) is 11.3 Å². The van der Waals surface area contributed by atoms with Crippen LogP contribution in [0.3, 0.4) is 0 Å². The number of nitrogens with zero attached hydrogens (tertiary/aromatic N) is 3. The molecule has 2 aromatic heterocycles. The van der Waals surface area contributed by atoms with Gasteiger partial charge in [0, 0.05) is 50.0 Å². The van der Waals surface area contributed by atoms with E-state index >= 15 is 0 Å². The molecule has 2 aliphatic heterocycles. The van der Waals surface area contributed by atoms with Crippen LogP contribution in [0.25, 0.3) is 0 Å². The maximum Gasteiger partial charge on any atom is 0.263 e. The Morgan fingerprint density at radius 2 is 1.90 bits per heavy atom. The second-order valence-corrected chi connectivity index (χ2v) is 9.83. The van der Waals surface area contributed by atoms with Crippen molar-refractivity contribution in [1.29, 1.82) is 0 Å². The summed E-state index contributed by atoms with van der Waals surface area (Å²) in [5.74, 6) is 1.20. The summed E-state index contributed by atoms with van der Waals surface area (Å²) in [4.78, 5) is 49.8. The molecule has 2 amide bonds. The second-order valence-electron chi connectivity index (χ2n) is 8.88. The summed E-state index contributed by atoms with van der Waals surface area (Å²) in [5.41, 5.74) is 0.644. The van der Waals surface area contributed by atoms with Gasteiger partial charge in [0.05, 0.1) is 10.6 Å². The summed E-state index contributed by atoms with van der Waals surface area (Å²) >= 11 is 1.46. The first-order chi connectivity index (χ1) is 14.9. The molecule has 31 heavy (non-hydrogen) atoms. The molecule has 2 saturated heterocycles. The topological polar surface area (TPSA) is 86.4 Å². The fourth-order valence-electron chi connectivity index (χ4n) is 4.60. The Hall–Kier alpha value is -2.48. The molecule has 4 heterocycles. The van der Waals surface area contributed by atoms with Crippen LogP contribution >= 0.6 is 11.3 Å². The number of carbonyl (C=O) groups excluding carboxylic acids is 2. The van der Waals surface area contributed by atoms with Crippen LogP contribution in [0.4, 0.5) is 0 Å². The Morgan fingerprint density at radius 3 is 2.58 bits per heavy atom. The lowest BCUT2D eigenvalue weighted by Gasteiger charge is -2.34. The molecular formula is C23H30N4O3S. The van der Waals surface area contributed by atoms with Crippen LogP contribution in [0.5, 0.6) is 0 Å². The Kier molecular flexibility index (Phi) is 6.55. The predicted octanol–water partition coefficient (Wildman–Crippen LogP) is 3.21. The SMILES string of the molecule is CC(C)C(=O)N1CCC(c2nc(C3CCCN(C(=O)c4cccs4)C3)cc(=O)[nH]2)CC1. The summed E-state index contributed by atoms with van der Waals surface area (Å²) < 4.78 is 0. The van der Waals surface area contributed by atoms with E-state index in [9.17, 15) is 14.4 Å². The van der Waals surface area contributed by atoms with Gasteiger partial charge in [0.15, 0.2) is 0 Å². The van der Waals surface area contributed by atoms with Crippen molar-refractivity contribution in [3.63, 3.8) is 0 Å². The van der Waals surface area contributed by atoms with Crippen molar-refractivity contribution in [3.8, 4) is 0 Å². The van der Waals surface area contributed by atoms with Crippen LogP contribution in [0.15, 0.2) is 28.4 Å². The zero-order valence-corrected chi connectivity index (χ0v) is 19.0. The van der Waals surface area contributed by atoms with Crippen molar-refractivity contribution in [2.24, 2.45) is 5.92 Å². The summed E-state index contributed by atoms with van der Waals surface area (Å²) in [6.45, 7) is 6.57. The van der Waals surface area contributed by atoms with Gasteiger partial charge >= 0.3 is 0 Å². The van der Waals surface area contributed by atoms with E-state index in [0.29, 0.717) is 19.6 Å². The molecule has 2 aliphatic rings. The summed E-state index contributed by atoms with van der Waals surface area (Å²) in [6, 6.07) is 5.34. The van der Waals surface area contributed by atoms with Crippen molar-refractivity contribution in [1.82, 2.24) is 19.8 Å². The van der Waals surface area contributed by atoms with Crippen LogP contribution in [-0.2, 0) is 4.79 Å². The van der Waals surface area contributed by atoms with E-state index in [2.05, 4.69) is 4.98 Å². The lowest BCUT2D eigenvalue weighted by molar-refractivity contribution is -0.135. The van der Waals surface area contributed by atoms with Gasteiger partial charge in [0.2, 0.25) is 5.91 Å². The Labute approximate surface area is 186 Å². The third-order valence-corrected chi connectivity index (χ3v) is 7.18. The van der Waals surface area contributed by atoms with E-state index in [-0.39, 0.29) is 35.1 Å². The number of amides is 2. The van der Waals surface area contributed by atoms with Crippen LogP contribution in [-0.4, -0.2) is 57.8 Å². The van der Waals surface area contributed by atoms with Gasteiger partial charge < -0.3 is 14.8 Å². The number of aromatic amines is 1. The van der Waals surface area contributed by atoms with Gasteiger partial charge in [0.25, 0.3) is 11.5 Å². The average Bonchev–Trinajstić information content (AvgIpc) is 3.33. The number of hydrogen-bond acceptors (Lipinski definition) is 5. The number of rotatable bonds is 4. The minimum atomic E-state index is -0.137. The highest BCUT2D eigenvalue weighted by molar-refractivity contribution is 7.12. The van der Waals surface area contributed by atoms with E-state index < -0.39 is 0 Å². The third-order valence-electron chi connectivity index (χ3n) is 6.33. The molecule has 1 atom stereocenters. The van der Waals surface area contributed by atoms with Crippen LogP contribution in [0.2, 0.25) is 0 Å². The van der Waals surface area contributed by atoms with Gasteiger partial charge in [-0.1, -0.05) is 19.9 Å². The number of aromatic nitrogens is 2. The Bertz CT molecular complexity index is 977. The van der Waals surface area contributed by atoms with Gasteiger partial charge in [0.1, 0.15) is 5.82 Å². The quantitative estimate of drug-likeness (QED) is 0.788. The minimum Gasteiger partial charge on any atom is -0.342 e. The average molecular weight is 443 g/mol. The number of carbonyl (C=O) groups is 2. The smallest absolute Gasteiger partial charge is 0.263 e. The first kappa shape index (κ1) is 21.7. The molecule has 2 aromatic rings. The van der Waals surface area contributed by atoms with E-state index in [1.165, 1.54) is 11.3 Å². The fraction of sp³-hybridized carbons (Fsp3) is 0.565. The monoisotopic (exact) mass is 442 g/mol. The maximum absolute atomic E-state index is 12.8. The molecule has 0 saturated carbocycles. The zero-order chi connectivity index (χ0) is 22.0. The molecule has 0 spiro atoms. The first-order valence-corrected chi connectivity index (χ1v) is 12.0. The van der Waals surface area contributed by atoms with Crippen LogP contribution < -0.4 is 5.56 Å². The van der Waals surface area contributed by atoms with E-state index in [1.807, 2.05) is 41.2 Å². The van der Waals surface area contributed by atoms with E-state index in [1.54, 1.807) is 6.07 Å². The molecule has 4 rings (SSSR count). The lowest BCUT2D eigenvalue weighted by Crippen LogP contribution is -2.41. The van der Waals surface area contributed by atoms with Crippen LogP contribution in [0.1, 0.15) is 72.6 Å². The number of thiophene rings is 1. The predicted molar refractivity (Wildman–Crippen MR) is 120 cm³/mol. The lowest BCUT2D eigenvalue weighted by atomic mass is 9.92. The Morgan fingerprint density at radius 1 is 1.13 bits per heavy atom. The second kappa shape index (κ2) is 9.34. The molecular weight excluding hydrogens is 412 g/mol. The standard InChI is InChI=1S/C23H30N4O3S/c1-15(2)22(29)26-10-7-16(8-11-26)21-24-18(13-20(28)25-21)17-5-3-9-27(14-17)23(30)19-6-4-12-31-19/h4,6,12-13,15-17H,3,5,7-11,14H2,1-2H3,(H,24,25,28). The summed E-state index contributed by atoms with van der Waals surface area (Å²) in [5, 5.41) is 1.92. The number of likely N-dealkylation sites (tertiary alicyclic amines) is 2. The first-order valence-electron chi connectivity index (χ1n) is 11.1. The van der Waals surface area contributed by atoms with Gasteiger partial charge in [-0.2, -0.15) is 0 Å². The number of H-pyrrole nitrogens is 1. The van der Waals surface area contributed by atoms with Crippen LogP contribution in [0, 0.1) is 5.92 Å². The van der Waals surface area contributed by atoms with Gasteiger partial charge in [-0.3, -0.25) is 14.4 Å². The summed E-state index contributed by atoms with van der Waals surface area (Å²) in [7, 11) is 0. The Balaban J connectivity index is 1.46. The number of nitrogens with one attached hydrogen (secondary N) is 1. The van der Waals surface area contributed by atoms with E-state index in [0.717, 1.165) is 48.6 Å². The van der Waals surface area contributed by atoms with Gasteiger partial charge in [-0.05, 0) is 37.1 Å². The molecule has 0 aromatic carbocycles. The minimum absolute atomic E-state index is 0.00365. The molecule has 166 valence electrons. The molecule has 0 radical (unpaired) electrons. The van der Waals surface area contributed by atoms with Crippen molar-refractivity contribution in [2.75, 3.05) is 26.2 Å². The molecule has 8 heteroatoms. The third kappa shape index (κ3) is 4.89. The summed E-state index contributed by atoms with van der Waals surface area (Å²) in [6.07, 6.45) is 3.43. The largest absolute Gasteiger partial charge is 0.342 e. The van der Waals surface area contributed by atoms with Crippen molar-refractivity contribution >= 4 is 23.2 Å². The molecule has 1 unspecified atom stereocenters. The highest BCUT2D eigenvalue weighted by Gasteiger charge is 2.30. The number of hydrogen-bond donors (Lipinski definition) is 1. The molecule has 7 nitrogen and oxygen atoms in total. The molecule has 0 bridgehead atoms. The number of piperidine rings is 2.